The highest BCUT2D eigenvalue weighted by Gasteiger charge is 2.03. The minimum absolute atomic E-state index is 0.753. The smallest absolute Gasteiger partial charge is 0.142 e. The molecular weight excluding hydrogens is 176 g/mol. The minimum atomic E-state index is 0.753. The van der Waals surface area contributed by atoms with Crippen LogP contribution in [-0.2, 0) is 11.8 Å². The van der Waals surface area contributed by atoms with Crippen LogP contribution in [0.3, 0.4) is 0 Å². The number of benzene rings is 1. The zero-order valence-corrected chi connectivity index (χ0v) is 7.84. The van der Waals surface area contributed by atoms with Gasteiger partial charge in [0.05, 0.1) is 11.2 Å². The molecule has 0 atom stereocenters. The van der Waals surface area contributed by atoms with Crippen LogP contribution in [0, 0.1) is 0 Å². The van der Waals surface area contributed by atoms with Crippen LogP contribution in [0.15, 0.2) is 30.3 Å². The number of nitrogens with zero attached hydrogens (tertiary/aromatic N) is 2. The Labute approximate surface area is 81.7 Å². The van der Waals surface area contributed by atoms with Gasteiger partial charge in [-0.1, -0.05) is 18.2 Å². The zero-order valence-electron chi connectivity index (χ0n) is 7.84. The van der Waals surface area contributed by atoms with Gasteiger partial charge in [-0.05, 0) is 18.2 Å². The van der Waals surface area contributed by atoms with E-state index in [0.717, 1.165) is 22.9 Å². The van der Waals surface area contributed by atoms with E-state index in [1.165, 1.54) is 6.08 Å². The molecule has 0 bridgehead atoms. The lowest BCUT2D eigenvalue weighted by molar-refractivity contribution is -0.104. The van der Waals surface area contributed by atoms with E-state index in [0.29, 0.717) is 0 Å². The van der Waals surface area contributed by atoms with Crippen molar-refractivity contribution < 1.29 is 4.79 Å². The molecule has 2 rings (SSSR count). The van der Waals surface area contributed by atoms with E-state index in [4.69, 9.17) is 0 Å². The van der Waals surface area contributed by atoms with Crippen molar-refractivity contribution in [3.8, 4) is 0 Å². The number of fused-ring (bicyclic) bond motifs is 1. The molecule has 0 radical (unpaired) electrons. The molecule has 0 saturated heterocycles. The van der Waals surface area contributed by atoms with Crippen molar-refractivity contribution in [3.63, 3.8) is 0 Å². The van der Waals surface area contributed by atoms with Gasteiger partial charge in [0.1, 0.15) is 6.29 Å². The molecule has 0 unspecified atom stereocenters. The summed E-state index contributed by atoms with van der Waals surface area (Å²) in [6.45, 7) is 0. The largest absolute Gasteiger partial charge is 0.299 e. The first kappa shape index (κ1) is 8.69. The Kier molecular flexibility index (Phi) is 2.14. The maximum Gasteiger partial charge on any atom is 0.142 e. The Morgan fingerprint density at radius 1 is 1.36 bits per heavy atom. The summed E-state index contributed by atoms with van der Waals surface area (Å²) in [6.07, 6.45) is 3.92. The number of carbonyl (C=O) groups excluding carboxylic acids is 1. The molecule has 0 spiro atoms. The third-order valence-corrected chi connectivity index (χ3v) is 2.12. The summed E-state index contributed by atoms with van der Waals surface area (Å²) in [5.41, 5.74) is 1.90. The summed E-state index contributed by atoms with van der Waals surface area (Å²) >= 11 is 0. The number of para-hydroxylation sites is 1. The first-order valence-electron chi connectivity index (χ1n) is 4.36. The maximum absolute atomic E-state index is 10.2. The highest BCUT2D eigenvalue weighted by molar-refractivity contribution is 5.89. The number of allylic oxidation sites excluding steroid dienone is 1. The van der Waals surface area contributed by atoms with Gasteiger partial charge in [0, 0.05) is 12.4 Å². The zero-order chi connectivity index (χ0) is 9.97. The topological polar surface area (TPSA) is 34.9 Å². The van der Waals surface area contributed by atoms with Gasteiger partial charge in [-0.25, -0.2) is 0 Å². The van der Waals surface area contributed by atoms with Crippen LogP contribution in [-0.4, -0.2) is 16.1 Å². The standard InChI is InChI=1S/C11H10N2O/c1-13-11-7-3-2-5-9(11)10(12-13)6-4-8-14/h2-8H,1H3/b6-4+. The molecule has 0 N–H and O–H groups in total. The number of hydrogen-bond donors (Lipinski definition) is 0. The molecule has 0 aliphatic heterocycles. The molecular formula is C11H10N2O. The Hall–Kier alpha value is -1.90. The fourth-order valence-electron chi connectivity index (χ4n) is 1.50. The molecule has 1 heterocycles. The lowest BCUT2D eigenvalue weighted by Gasteiger charge is -1.90. The van der Waals surface area contributed by atoms with Crippen molar-refractivity contribution in [1.82, 2.24) is 9.78 Å². The van der Waals surface area contributed by atoms with Crippen LogP contribution in [0.25, 0.3) is 17.0 Å². The van der Waals surface area contributed by atoms with Crippen LogP contribution < -0.4 is 0 Å². The van der Waals surface area contributed by atoms with Crippen molar-refractivity contribution >= 4 is 23.3 Å². The molecule has 0 aliphatic rings. The highest BCUT2D eigenvalue weighted by atomic mass is 16.1. The van der Waals surface area contributed by atoms with E-state index in [1.807, 2.05) is 31.3 Å². The van der Waals surface area contributed by atoms with E-state index >= 15 is 0 Å². The summed E-state index contributed by atoms with van der Waals surface area (Å²) in [5, 5.41) is 5.36. The molecule has 14 heavy (non-hydrogen) atoms. The second kappa shape index (κ2) is 3.46. The van der Waals surface area contributed by atoms with Crippen LogP contribution in [0.4, 0.5) is 0 Å². The van der Waals surface area contributed by atoms with Gasteiger partial charge in [-0.2, -0.15) is 5.10 Å². The van der Waals surface area contributed by atoms with Gasteiger partial charge in [0.15, 0.2) is 0 Å². The molecule has 70 valence electrons. The van der Waals surface area contributed by atoms with Crippen LogP contribution >= 0.6 is 0 Å². The number of hydrogen-bond acceptors (Lipinski definition) is 2. The van der Waals surface area contributed by atoms with Gasteiger partial charge >= 0.3 is 0 Å². The highest BCUT2D eigenvalue weighted by Crippen LogP contribution is 2.17. The summed E-state index contributed by atoms with van der Waals surface area (Å²) in [7, 11) is 1.89. The van der Waals surface area contributed by atoms with Gasteiger partial charge < -0.3 is 0 Å². The van der Waals surface area contributed by atoms with Gasteiger partial charge in [0.25, 0.3) is 0 Å². The van der Waals surface area contributed by atoms with Gasteiger partial charge in [-0.3, -0.25) is 9.48 Å². The lowest BCUT2D eigenvalue weighted by atomic mass is 10.2. The molecule has 0 aliphatic carbocycles. The van der Waals surface area contributed by atoms with Crippen molar-refractivity contribution in [3.05, 3.63) is 36.0 Å². The third-order valence-electron chi connectivity index (χ3n) is 2.12. The van der Waals surface area contributed by atoms with Crippen LogP contribution in [0.2, 0.25) is 0 Å². The number of aromatic nitrogens is 2. The third kappa shape index (κ3) is 1.33. The monoisotopic (exact) mass is 186 g/mol. The Bertz CT molecular complexity index is 497. The number of rotatable bonds is 2. The fraction of sp³-hybridized carbons (Fsp3) is 0.0909. The predicted octanol–water partition coefficient (Wildman–Crippen LogP) is 1.79. The quantitative estimate of drug-likeness (QED) is 0.529. The Morgan fingerprint density at radius 2 is 2.14 bits per heavy atom. The lowest BCUT2D eigenvalue weighted by Crippen LogP contribution is -1.88. The van der Waals surface area contributed by atoms with Crippen molar-refractivity contribution in [2.24, 2.45) is 7.05 Å². The summed E-state index contributed by atoms with van der Waals surface area (Å²) in [6, 6.07) is 7.92. The number of aryl methyl sites for hydroxylation is 1. The second-order valence-corrected chi connectivity index (χ2v) is 3.02. The molecule has 0 amide bonds. The van der Waals surface area contributed by atoms with Crippen LogP contribution in [0.5, 0.6) is 0 Å². The maximum atomic E-state index is 10.2. The average Bonchev–Trinajstić information content (AvgIpc) is 2.54. The van der Waals surface area contributed by atoms with Crippen LogP contribution in [0.1, 0.15) is 5.69 Å². The second-order valence-electron chi connectivity index (χ2n) is 3.02. The first-order chi connectivity index (χ1) is 6.83. The minimum Gasteiger partial charge on any atom is -0.299 e. The Morgan fingerprint density at radius 3 is 2.93 bits per heavy atom. The molecule has 3 heteroatoms. The molecule has 0 fully saturated rings. The normalized spacial score (nSPS) is 11.2. The van der Waals surface area contributed by atoms with E-state index in [-0.39, 0.29) is 0 Å². The average molecular weight is 186 g/mol. The molecule has 1 aromatic carbocycles. The fourth-order valence-corrected chi connectivity index (χ4v) is 1.50. The van der Waals surface area contributed by atoms with Crippen molar-refractivity contribution in [2.45, 2.75) is 0 Å². The molecule has 0 saturated carbocycles. The van der Waals surface area contributed by atoms with Gasteiger partial charge in [0.2, 0.25) is 0 Å². The van der Waals surface area contributed by atoms with E-state index in [2.05, 4.69) is 5.10 Å². The first-order valence-corrected chi connectivity index (χ1v) is 4.36. The SMILES string of the molecule is Cn1nc(/C=C/C=O)c2ccccc21. The van der Waals surface area contributed by atoms with E-state index < -0.39 is 0 Å². The van der Waals surface area contributed by atoms with E-state index in [1.54, 1.807) is 10.8 Å². The summed E-state index contributed by atoms with van der Waals surface area (Å²) in [5.74, 6) is 0. The van der Waals surface area contributed by atoms with Gasteiger partial charge in [-0.15, -0.1) is 0 Å². The Balaban J connectivity index is 2.66. The van der Waals surface area contributed by atoms with Crippen molar-refractivity contribution in [1.29, 1.82) is 0 Å². The number of carbonyl (C=O) groups is 1. The predicted molar refractivity (Wildman–Crippen MR) is 55.8 cm³/mol. The number of aldehydes is 1. The summed E-state index contributed by atoms with van der Waals surface area (Å²) in [4.78, 5) is 10.2. The molecule has 2 aromatic rings. The molecule has 1 aromatic heterocycles. The van der Waals surface area contributed by atoms with Crippen molar-refractivity contribution in [2.75, 3.05) is 0 Å². The molecule has 3 nitrogen and oxygen atoms in total. The van der Waals surface area contributed by atoms with E-state index in [9.17, 15) is 4.79 Å². The summed E-state index contributed by atoms with van der Waals surface area (Å²) < 4.78 is 1.81.